The van der Waals surface area contributed by atoms with E-state index in [-0.39, 0.29) is 23.0 Å². The molecule has 4 unspecified atom stereocenters. The van der Waals surface area contributed by atoms with Crippen molar-refractivity contribution in [3.8, 4) is 16.9 Å². The molecule has 1 aliphatic heterocycles. The molecule has 0 bridgehead atoms. The minimum absolute atomic E-state index is 0.152. The molecule has 0 spiro atoms. The maximum atomic E-state index is 6.71. The highest BCUT2D eigenvalue weighted by molar-refractivity contribution is 8.02. The van der Waals surface area contributed by atoms with Crippen LogP contribution in [0.25, 0.3) is 54.7 Å². The van der Waals surface area contributed by atoms with Gasteiger partial charge in [0.1, 0.15) is 5.75 Å². The molecule has 1 N–H and O–H groups in total. The maximum Gasteiger partial charge on any atom is 0.132 e. The molecule has 4 atom stereocenters. The summed E-state index contributed by atoms with van der Waals surface area (Å²) in [5, 5.41) is 13.7. The van der Waals surface area contributed by atoms with E-state index in [9.17, 15) is 0 Å². The third-order valence-corrected chi connectivity index (χ3v) is 15.1. The van der Waals surface area contributed by atoms with Gasteiger partial charge in [0, 0.05) is 105 Å². The maximum absolute atomic E-state index is 6.71. The van der Waals surface area contributed by atoms with Gasteiger partial charge in [-0.25, -0.2) is 0 Å². The first-order valence-corrected chi connectivity index (χ1v) is 20.1. The lowest BCUT2D eigenvalue weighted by Crippen LogP contribution is -2.31. The summed E-state index contributed by atoms with van der Waals surface area (Å²) < 4.78 is 6.71. The zero-order valence-corrected chi connectivity index (χ0v) is 31.3. The molecule has 49 heavy (non-hydrogen) atoms. The summed E-state index contributed by atoms with van der Waals surface area (Å²) in [5.41, 5.74) is 20.5. The molecule has 0 saturated heterocycles. The number of ether oxygens (including phenoxy) is 1. The average molecular weight is 681 g/mol. The Morgan fingerprint density at radius 2 is 1.73 bits per heavy atom. The Kier molecular flexibility index (Phi) is 5.55. The van der Waals surface area contributed by atoms with Crippen LogP contribution in [0.3, 0.4) is 0 Å². The van der Waals surface area contributed by atoms with E-state index in [0.29, 0.717) is 0 Å². The Bertz CT molecular complexity index is 2610. The fraction of sp³-hybridized carbons (Fsp3) is 0.381. The molecule has 7 heteroatoms. The molecule has 246 valence electrons. The molecule has 0 amide bonds. The number of hydrogen-bond acceptors (Lipinski definition) is 7. The number of allylic oxidation sites excluding steroid dienone is 3. The third kappa shape index (κ3) is 2.98. The van der Waals surface area contributed by atoms with Crippen LogP contribution in [0.15, 0.2) is 22.6 Å². The van der Waals surface area contributed by atoms with Crippen molar-refractivity contribution in [1.29, 1.82) is 0 Å². The fourth-order valence-corrected chi connectivity index (χ4v) is 13.5. The summed E-state index contributed by atoms with van der Waals surface area (Å²) in [7, 11) is 8.40. The summed E-state index contributed by atoms with van der Waals surface area (Å²) in [6, 6.07) is 2.47. The van der Waals surface area contributed by atoms with Crippen LogP contribution in [0.1, 0.15) is 107 Å². The first-order chi connectivity index (χ1) is 23.8. The van der Waals surface area contributed by atoms with Crippen LogP contribution in [0.4, 0.5) is 5.69 Å². The minimum atomic E-state index is 0.152. The van der Waals surface area contributed by atoms with Crippen LogP contribution in [0, 0.1) is 6.92 Å². The van der Waals surface area contributed by atoms with E-state index in [1.54, 1.807) is 0 Å². The van der Waals surface area contributed by atoms with Gasteiger partial charge < -0.3 is 15.0 Å². The Morgan fingerprint density at radius 3 is 2.43 bits per heavy atom. The van der Waals surface area contributed by atoms with Gasteiger partial charge in [-0.1, -0.05) is 19.9 Å². The van der Waals surface area contributed by atoms with E-state index in [2.05, 4.69) is 89.2 Å². The summed E-state index contributed by atoms with van der Waals surface area (Å²) >= 11 is 3.97. The van der Waals surface area contributed by atoms with E-state index >= 15 is 0 Å². The highest BCUT2D eigenvalue weighted by atomic mass is 32.2. The summed E-state index contributed by atoms with van der Waals surface area (Å²) in [6.07, 6.45) is 6.89. The van der Waals surface area contributed by atoms with Crippen LogP contribution < -0.4 is 20.2 Å². The molecule has 3 aromatic carbocycles. The molecule has 0 saturated carbocycles. The number of likely N-dealkylation sites (N-methyl/N-ethyl adjacent to an activating group) is 1. The number of nitrogens with one attached hydrogen (secondary N) is 1. The number of thioether (sulfide) groups is 2. The molecule has 5 nitrogen and oxygen atoms in total. The van der Waals surface area contributed by atoms with Crippen molar-refractivity contribution in [1.82, 2.24) is 15.3 Å². The van der Waals surface area contributed by atoms with Crippen LogP contribution in [0.5, 0.6) is 5.75 Å². The van der Waals surface area contributed by atoms with Crippen molar-refractivity contribution in [3.63, 3.8) is 0 Å². The van der Waals surface area contributed by atoms with Gasteiger partial charge in [0.2, 0.25) is 0 Å². The number of fused-ring (bicyclic) bond motifs is 1. The monoisotopic (exact) mass is 680 g/mol. The molecule has 6 aliphatic rings. The lowest BCUT2D eigenvalue weighted by atomic mass is 9.60. The van der Waals surface area contributed by atoms with Crippen LogP contribution >= 0.6 is 23.5 Å². The quantitative estimate of drug-likeness (QED) is 0.142. The van der Waals surface area contributed by atoms with Crippen molar-refractivity contribution in [2.75, 3.05) is 39.4 Å². The van der Waals surface area contributed by atoms with E-state index in [1.165, 1.54) is 127 Å². The number of anilines is 1. The molecule has 11 rings (SSSR count). The van der Waals surface area contributed by atoms with Gasteiger partial charge in [-0.15, -0.1) is 23.5 Å². The summed E-state index contributed by atoms with van der Waals surface area (Å²) in [4.78, 5) is 15.0. The van der Waals surface area contributed by atoms with Crippen molar-refractivity contribution in [3.05, 3.63) is 78.4 Å². The van der Waals surface area contributed by atoms with Gasteiger partial charge >= 0.3 is 0 Å². The molecule has 5 aliphatic carbocycles. The molecular formula is C42H40N4OS2. The number of aromatic nitrogens is 2. The van der Waals surface area contributed by atoms with Gasteiger partial charge in [0.25, 0.3) is 0 Å². The second kappa shape index (κ2) is 9.35. The predicted molar refractivity (Wildman–Crippen MR) is 209 cm³/mol. The van der Waals surface area contributed by atoms with Crippen LogP contribution in [-0.2, 0) is 5.75 Å². The molecule has 2 aromatic heterocycles. The zero-order chi connectivity index (χ0) is 33.5. The number of methoxy groups -OCH3 is 1. The lowest BCUT2D eigenvalue weighted by Gasteiger charge is -2.45. The predicted octanol–water partition coefficient (Wildman–Crippen LogP) is 9.18. The van der Waals surface area contributed by atoms with E-state index in [1.807, 2.05) is 18.9 Å². The standard InChI is InChI=1S/C42H40N4OS2/c1-10-17-12-20-26-30-24(17)40(47-8)28-22(46(6)7)13-19-25-31(28)34(30)33-29-23(16(4)44-39(36(25)29)18(11-2)38(19)43-5)42-27-21(14-49-42)45-37(35(26)32(27)33)15(3)41(20)48-9/h12-13,17-18,26,42-43H,10-11,14H2,1-9H3. The summed E-state index contributed by atoms with van der Waals surface area (Å²) in [5.74, 6) is 2.62. The lowest BCUT2D eigenvalue weighted by molar-refractivity contribution is 0.411. The van der Waals surface area contributed by atoms with Crippen LogP contribution in [-0.4, -0.2) is 44.5 Å². The molecule has 0 radical (unpaired) electrons. The smallest absolute Gasteiger partial charge is 0.132 e. The Labute approximate surface area is 295 Å². The first-order valence-electron chi connectivity index (χ1n) is 17.9. The van der Waals surface area contributed by atoms with Gasteiger partial charge in [0.05, 0.1) is 29.4 Å². The minimum Gasteiger partial charge on any atom is -0.496 e. The zero-order valence-electron chi connectivity index (χ0n) is 29.7. The number of benzene rings is 3. The van der Waals surface area contributed by atoms with E-state index in [0.717, 1.165) is 24.3 Å². The molecule has 5 aromatic rings. The summed E-state index contributed by atoms with van der Waals surface area (Å²) in [6.45, 7) is 9.29. The van der Waals surface area contributed by atoms with Gasteiger partial charge in [0.15, 0.2) is 0 Å². The van der Waals surface area contributed by atoms with E-state index < -0.39 is 0 Å². The largest absolute Gasteiger partial charge is 0.496 e. The van der Waals surface area contributed by atoms with Crippen molar-refractivity contribution in [2.45, 2.75) is 69.3 Å². The number of hydrogen-bond donors (Lipinski definition) is 1. The Hall–Kier alpha value is -3.68. The molecule has 3 heterocycles. The fourth-order valence-electron chi connectivity index (χ4n) is 11.2. The Balaban J connectivity index is 1.55. The molecular weight excluding hydrogens is 641 g/mol. The van der Waals surface area contributed by atoms with Crippen molar-refractivity contribution >= 4 is 72.8 Å². The Morgan fingerprint density at radius 1 is 0.939 bits per heavy atom. The molecule has 0 fully saturated rings. The number of aryl methyl sites for hydroxylation is 1. The van der Waals surface area contributed by atoms with Crippen LogP contribution in [0.2, 0.25) is 0 Å². The third-order valence-electron chi connectivity index (χ3n) is 12.9. The van der Waals surface area contributed by atoms with Crippen molar-refractivity contribution < 1.29 is 4.74 Å². The number of nitrogens with zero attached hydrogens (tertiary/aromatic N) is 3. The first kappa shape index (κ1) is 29.1. The highest BCUT2D eigenvalue weighted by Crippen LogP contribution is 2.69. The van der Waals surface area contributed by atoms with Gasteiger partial charge in [-0.3, -0.25) is 9.97 Å². The van der Waals surface area contributed by atoms with E-state index in [4.69, 9.17) is 14.7 Å². The number of pyridine rings is 2. The topological polar surface area (TPSA) is 50.3 Å². The van der Waals surface area contributed by atoms with Crippen molar-refractivity contribution in [2.24, 2.45) is 0 Å². The van der Waals surface area contributed by atoms with Gasteiger partial charge in [-0.05, 0) is 88.7 Å². The average Bonchev–Trinajstić information content (AvgIpc) is 3.54. The normalized spacial score (nSPS) is 22.9. The highest BCUT2D eigenvalue weighted by Gasteiger charge is 2.51. The second-order valence-corrected chi connectivity index (χ2v) is 16.9. The van der Waals surface area contributed by atoms with Gasteiger partial charge in [-0.2, -0.15) is 0 Å². The number of rotatable bonds is 6. The second-order valence-electron chi connectivity index (χ2n) is 15.0. The SMILES string of the molecule is CCC1C=C2C(SC)=C(C)c3nc4c5c6c3C2c2c1c(OC)c1c(N(C)C)cc3c7c8c(nc(C)c(c8c-6c2c17)C5SC4)C(CC)C=3NC.